The molecule has 0 aromatic carbocycles. The molecule has 0 aliphatic carbocycles. The molecule has 0 N–H and O–H groups in total. The molecule has 9 heavy (non-hydrogen) atoms. The molecule has 0 spiro atoms. The highest BCUT2D eigenvalue weighted by atomic mass is 28.3. The predicted molar refractivity (Wildman–Crippen MR) is 44.9 cm³/mol. The molecule has 0 nitrogen and oxygen atoms in total. The van der Waals surface area contributed by atoms with E-state index < -0.39 is 8.07 Å². The van der Waals surface area contributed by atoms with Crippen molar-refractivity contribution in [1.82, 2.24) is 0 Å². The average molecular weight is 136 g/mol. The maximum absolute atomic E-state index is 3.76. The van der Waals surface area contributed by atoms with Crippen LogP contribution in [0.25, 0.3) is 0 Å². The lowest BCUT2D eigenvalue weighted by Gasteiger charge is -2.13. The summed E-state index contributed by atoms with van der Waals surface area (Å²) in [5.41, 5.74) is 2.32. The van der Waals surface area contributed by atoms with Crippen LogP contribution in [0.1, 0.15) is 0 Å². The molecule has 48 valence electrons. The lowest BCUT2D eigenvalue weighted by Crippen LogP contribution is -2.22. The molecule has 1 heteroatoms. The Labute approximate surface area is 57.6 Å². The van der Waals surface area contributed by atoms with Gasteiger partial charge in [0.25, 0.3) is 0 Å². The Morgan fingerprint density at radius 2 is 2.22 bits per heavy atom. The number of hydrogen-bond donors (Lipinski definition) is 0. The summed E-state index contributed by atoms with van der Waals surface area (Å²) >= 11 is 0. The second-order valence-corrected chi connectivity index (χ2v) is 7.26. The van der Waals surface area contributed by atoms with Crippen molar-refractivity contribution >= 4 is 8.07 Å². The van der Waals surface area contributed by atoms with Gasteiger partial charge in [-0.15, -0.1) is 0 Å². The Hall–Kier alpha value is -0.563. The van der Waals surface area contributed by atoms with Crippen LogP contribution >= 0.6 is 0 Å². The van der Waals surface area contributed by atoms with Crippen molar-refractivity contribution in [3.63, 3.8) is 0 Å². The third-order valence-corrected chi connectivity index (χ3v) is 4.64. The van der Waals surface area contributed by atoms with Gasteiger partial charge < -0.3 is 0 Å². The zero-order valence-corrected chi connectivity index (χ0v) is 7.02. The van der Waals surface area contributed by atoms with E-state index in [1.807, 2.05) is 6.08 Å². The van der Waals surface area contributed by atoms with E-state index >= 15 is 0 Å². The van der Waals surface area contributed by atoms with Crippen LogP contribution in [0, 0.1) is 0 Å². The van der Waals surface area contributed by atoms with Gasteiger partial charge in [-0.25, -0.2) is 0 Å². The van der Waals surface area contributed by atoms with Crippen molar-refractivity contribution in [3.05, 3.63) is 35.7 Å². The summed E-state index contributed by atoms with van der Waals surface area (Å²) in [6, 6.07) is 0. The maximum atomic E-state index is 3.76. The summed E-state index contributed by atoms with van der Waals surface area (Å²) in [6.07, 6.45) is 6.29. The second-order valence-electron chi connectivity index (χ2n) is 2.91. The molecule has 1 rings (SSSR count). The van der Waals surface area contributed by atoms with Gasteiger partial charge in [-0.3, -0.25) is 0 Å². The molecule has 0 aromatic rings. The Morgan fingerprint density at radius 1 is 1.56 bits per heavy atom. The number of allylic oxidation sites excluding steroid dienone is 4. The fourth-order valence-corrected chi connectivity index (χ4v) is 2.86. The van der Waals surface area contributed by atoms with E-state index in [0.717, 1.165) is 0 Å². The molecule has 1 aliphatic heterocycles. The van der Waals surface area contributed by atoms with Crippen molar-refractivity contribution in [2.75, 3.05) is 0 Å². The van der Waals surface area contributed by atoms with Crippen molar-refractivity contribution in [2.45, 2.75) is 13.1 Å². The standard InChI is InChI=1S/C8H12Si/c1-4-8-6-5-7-9(8,2)3/h4-7H,1H2,2-3H3. The Balaban J connectivity index is 2.91. The van der Waals surface area contributed by atoms with E-state index in [4.69, 9.17) is 0 Å². The van der Waals surface area contributed by atoms with Gasteiger partial charge in [0.15, 0.2) is 0 Å². The van der Waals surface area contributed by atoms with Gasteiger partial charge >= 0.3 is 0 Å². The maximum Gasteiger partial charge on any atom is 0.104 e. The van der Waals surface area contributed by atoms with Gasteiger partial charge in [0.1, 0.15) is 8.07 Å². The molecule has 0 radical (unpaired) electrons. The zero-order chi connectivity index (χ0) is 6.91. The van der Waals surface area contributed by atoms with Gasteiger partial charge in [-0.1, -0.05) is 48.8 Å². The van der Waals surface area contributed by atoms with E-state index in [-0.39, 0.29) is 0 Å². The van der Waals surface area contributed by atoms with Gasteiger partial charge in [-0.2, -0.15) is 0 Å². The van der Waals surface area contributed by atoms with Crippen LogP contribution in [-0.4, -0.2) is 8.07 Å². The first kappa shape index (κ1) is 6.56. The summed E-state index contributed by atoms with van der Waals surface area (Å²) in [7, 11) is -1.11. The van der Waals surface area contributed by atoms with E-state index in [1.165, 1.54) is 5.20 Å². The Bertz CT molecular complexity index is 185. The van der Waals surface area contributed by atoms with Crippen molar-refractivity contribution in [1.29, 1.82) is 0 Å². The third-order valence-electron chi connectivity index (χ3n) is 1.75. The smallest absolute Gasteiger partial charge is 0.0992 e. The van der Waals surface area contributed by atoms with Crippen LogP contribution in [0.15, 0.2) is 35.7 Å². The van der Waals surface area contributed by atoms with Crippen molar-refractivity contribution in [3.8, 4) is 0 Å². The van der Waals surface area contributed by atoms with Crippen LogP contribution in [0.3, 0.4) is 0 Å². The molecule has 0 aromatic heterocycles. The van der Waals surface area contributed by atoms with Gasteiger partial charge in [0, 0.05) is 0 Å². The fraction of sp³-hybridized carbons (Fsp3) is 0.250. The van der Waals surface area contributed by atoms with Gasteiger partial charge in [0.05, 0.1) is 0 Å². The Morgan fingerprint density at radius 3 is 2.44 bits per heavy atom. The van der Waals surface area contributed by atoms with Crippen molar-refractivity contribution < 1.29 is 0 Å². The Kier molecular flexibility index (Phi) is 1.45. The molecule has 0 bridgehead atoms. The minimum Gasteiger partial charge on any atom is -0.0992 e. The van der Waals surface area contributed by atoms with Gasteiger partial charge in [-0.05, 0) is 0 Å². The highest BCUT2D eigenvalue weighted by Crippen LogP contribution is 2.21. The number of hydrogen-bond acceptors (Lipinski definition) is 0. The first-order valence-corrected chi connectivity index (χ1v) is 6.27. The summed E-state index contributed by atoms with van der Waals surface area (Å²) in [5.74, 6) is 0. The molecule has 0 atom stereocenters. The van der Waals surface area contributed by atoms with Gasteiger partial charge in [0.2, 0.25) is 0 Å². The lowest BCUT2D eigenvalue weighted by molar-refractivity contribution is 1.76. The third kappa shape index (κ3) is 1.05. The van der Waals surface area contributed by atoms with E-state index in [9.17, 15) is 0 Å². The van der Waals surface area contributed by atoms with Crippen LogP contribution in [0.2, 0.25) is 13.1 Å². The van der Waals surface area contributed by atoms with E-state index in [0.29, 0.717) is 0 Å². The molecule has 0 unspecified atom stereocenters. The molecule has 0 fully saturated rings. The SMILES string of the molecule is C=CC1=CC=C[Si]1(C)C. The normalized spacial score (nSPS) is 21.8. The van der Waals surface area contributed by atoms with Crippen LogP contribution in [0.4, 0.5) is 0 Å². The van der Waals surface area contributed by atoms with Crippen molar-refractivity contribution in [2.24, 2.45) is 0 Å². The van der Waals surface area contributed by atoms with E-state index in [1.54, 1.807) is 0 Å². The second kappa shape index (κ2) is 1.99. The minimum atomic E-state index is -1.11. The zero-order valence-electron chi connectivity index (χ0n) is 6.02. The predicted octanol–water partition coefficient (Wildman–Crippen LogP) is 2.46. The van der Waals surface area contributed by atoms with Crippen LogP contribution in [-0.2, 0) is 0 Å². The fourth-order valence-electron chi connectivity index (χ4n) is 1.03. The minimum absolute atomic E-state index is 1.11. The summed E-state index contributed by atoms with van der Waals surface area (Å²) in [6.45, 7) is 8.41. The van der Waals surface area contributed by atoms with Crippen LogP contribution < -0.4 is 0 Å². The highest BCUT2D eigenvalue weighted by molar-refractivity contribution is 6.90. The largest absolute Gasteiger partial charge is 0.104 e. The molecule has 0 saturated heterocycles. The quantitative estimate of drug-likeness (QED) is 0.486. The molecule has 0 amide bonds. The summed E-state index contributed by atoms with van der Waals surface area (Å²) in [5, 5.41) is 1.45. The topological polar surface area (TPSA) is 0 Å². The summed E-state index contributed by atoms with van der Waals surface area (Å²) < 4.78 is 0. The average Bonchev–Trinajstić information content (AvgIpc) is 2.08. The molecule has 0 saturated carbocycles. The summed E-state index contributed by atoms with van der Waals surface area (Å²) in [4.78, 5) is 0. The first-order valence-electron chi connectivity index (χ1n) is 3.19. The molecular formula is C8H12Si. The molecular weight excluding hydrogens is 124 g/mol. The van der Waals surface area contributed by atoms with Crippen LogP contribution in [0.5, 0.6) is 0 Å². The highest BCUT2D eigenvalue weighted by Gasteiger charge is 2.22. The monoisotopic (exact) mass is 136 g/mol. The molecule has 1 aliphatic rings. The lowest BCUT2D eigenvalue weighted by atomic mass is 10.5. The van der Waals surface area contributed by atoms with E-state index in [2.05, 4.69) is 37.5 Å². The first-order chi connectivity index (χ1) is 4.17. The number of rotatable bonds is 1. The molecule has 1 heterocycles.